The molecule has 0 heterocycles. The van der Waals surface area contributed by atoms with E-state index in [2.05, 4.69) is 10.1 Å². The third-order valence-electron chi connectivity index (χ3n) is 2.38. The number of anilines is 1. The summed E-state index contributed by atoms with van der Waals surface area (Å²) >= 11 is 5.78. The Hall–Kier alpha value is -1.60. The molecule has 8 heteroatoms. The van der Waals surface area contributed by atoms with Crippen LogP contribution in [0.1, 0.15) is 0 Å². The molecule has 1 rings (SSSR count). The maximum absolute atomic E-state index is 12.1. The zero-order valence-corrected chi connectivity index (χ0v) is 11.8. The van der Waals surface area contributed by atoms with Gasteiger partial charge in [0.05, 0.1) is 11.6 Å². The number of carbonyl (C=O) groups is 1. The summed E-state index contributed by atoms with van der Waals surface area (Å²) in [7, 11) is 3.14. The van der Waals surface area contributed by atoms with E-state index in [1.807, 2.05) is 0 Å². The molecule has 0 unspecified atom stereocenters. The average molecular weight is 309 g/mol. The van der Waals surface area contributed by atoms with Crippen molar-refractivity contribution in [2.24, 2.45) is 0 Å². The van der Waals surface area contributed by atoms with Crippen molar-refractivity contribution in [1.29, 1.82) is 0 Å². The minimum absolute atomic E-state index is 0.0114. The van der Waals surface area contributed by atoms with Gasteiger partial charge in [-0.25, -0.2) is 4.79 Å². The van der Waals surface area contributed by atoms with Crippen molar-refractivity contribution in [2.75, 3.05) is 32.6 Å². The van der Waals surface area contributed by atoms with Crippen molar-refractivity contribution in [3.63, 3.8) is 0 Å². The SMILES string of the molecule is COCCN(C)C(=O)Nc1ccc(OC(F)F)c(Cl)c1. The molecule has 5 nitrogen and oxygen atoms in total. The molecule has 0 spiro atoms. The Labute approximate surface area is 120 Å². The fourth-order valence-corrected chi connectivity index (χ4v) is 1.54. The number of nitrogens with zero attached hydrogens (tertiary/aromatic N) is 1. The molecule has 2 amide bonds. The van der Waals surface area contributed by atoms with Gasteiger partial charge in [0.1, 0.15) is 5.75 Å². The van der Waals surface area contributed by atoms with E-state index >= 15 is 0 Å². The van der Waals surface area contributed by atoms with Gasteiger partial charge in [0.15, 0.2) is 0 Å². The Morgan fingerprint density at radius 2 is 2.20 bits per heavy atom. The lowest BCUT2D eigenvalue weighted by Crippen LogP contribution is -2.33. The summed E-state index contributed by atoms with van der Waals surface area (Å²) in [6.07, 6.45) is 0. The number of methoxy groups -OCH3 is 1. The van der Waals surface area contributed by atoms with Crippen LogP contribution in [0.25, 0.3) is 0 Å². The number of alkyl halides is 2. The fraction of sp³-hybridized carbons (Fsp3) is 0.417. The topological polar surface area (TPSA) is 50.8 Å². The number of rotatable bonds is 6. The summed E-state index contributed by atoms with van der Waals surface area (Å²) in [4.78, 5) is 13.2. The summed E-state index contributed by atoms with van der Waals surface area (Å²) in [5, 5.41) is 2.56. The van der Waals surface area contributed by atoms with Gasteiger partial charge in [0, 0.05) is 26.4 Å². The Morgan fingerprint density at radius 1 is 1.50 bits per heavy atom. The van der Waals surface area contributed by atoms with Gasteiger partial charge in [0.25, 0.3) is 0 Å². The van der Waals surface area contributed by atoms with E-state index in [4.69, 9.17) is 16.3 Å². The number of likely N-dealkylation sites (N-methyl/N-ethyl adjacent to an activating group) is 1. The summed E-state index contributed by atoms with van der Waals surface area (Å²) in [6, 6.07) is 3.66. The van der Waals surface area contributed by atoms with Crippen LogP contribution in [-0.2, 0) is 4.74 Å². The Kier molecular flexibility index (Phi) is 6.47. The molecular formula is C12H15ClF2N2O3. The third-order valence-corrected chi connectivity index (χ3v) is 2.67. The van der Waals surface area contributed by atoms with Gasteiger partial charge < -0.3 is 19.7 Å². The lowest BCUT2D eigenvalue weighted by molar-refractivity contribution is -0.0497. The first-order chi connectivity index (χ1) is 9.43. The van der Waals surface area contributed by atoms with Crippen molar-refractivity contribution < 1.29 is 23.0 Å². The molecule has 1 aromatic rings. The predicted octanol–water partition coefficient (Wildman–Crippen LogP) is 3.05. The van der Waals surface area contributed by atoms with Crippen molar-refractivity contribution in [3.8, 4) is 5.75 Å². The maximum Gasteiger partial charge on any atom is 0.387 e. The number of ether oxygens (including phenoxy) is 2. The minimum atomic E-state index is -2.95. The number of hydrogen-bond donors (Lipinski definition) is 1. The van der Waals surface area contributed by atoms with E-state index in [0.29, 0.717) is 18.8 Å². The smallest absolute Gasteiger partial charge is 0.387 e. The van der Waals surface area contributed by atoms with Crippen LogP contribution in [0.5, 0.6) is 5.75 Å². The summed E-state index contributed by atoms with van der Waals surface area (Å²) in [5.74, 6) is -0.146. The number of hydrogen-bond acceptors (Lipinski definition) is 3. The summed E-state index contributed by atoms with van der Waals surface area (Å²) in [6.45, 7) is -2.12. The monoisotopic (exact) mass is 308 g/mol. The van der Waals surface area contributed by atoms with Crippen molar-refractivity contribution in [3.05, 3.63) is 23.2 Å². The zero-order chi connectivity index (χ0) is 15.1. The van der Waals surface area contributed by atoms with E-state index in [1.165, 1.54) is 30.2 Å². The number of urea groups is 1. The van der Waals surface area contributed by atoms with Crippen LogP contribution in [0.15, 0.2) is 18.2 Å². The van der Waals surface area contributed by atoms with Gasteiger partial charge in [-0.2, -0.15) is 8.78 Å². The normalized spacial score (nSPS) is 10.5. The molecule has 0 fully saturated rings. The zero-order valence-electron chi connectivity index (χ0n) is 11.0. The van der Waals surface area contributed by atoms with Crippen molar-refractivity contribution in [2.45, 2.75) is 6.61 Å². The number of carbonyl (C=O) groups excluding carboxylic acids is 1. The van der Waals surface area contributed by atoms with Gasteiger partial charge in [-0.3, -0.25) is 0 Å². The van der Waals surface area contributed by atoms with Gasteiger partial charge >= 0.3 is 12.6 Å². The maximum atomic E-state index is 12.1. The molecule has 112 valence electrons. The highest BCUT2D eigenvalue weighted by Gasteiger charge is 2.12. The van der Waals surface area contributed by atoms with Crippen LogP contribution >= 0.6 is 11.6 Å². The fourth-order valence-electron chi connectivity index (χ4n) is 1.32. The largest absolute Gasteiger partial charge is 0.433 e. The van der Waals surface area contributed by atoms with Gasteiger partial charge in [-0.1, -0.05) is 11.6 Å². The third kappa shape index (κ3) is 5.18. The van der Waals surface area contributed by atoms with Gasteiger partial charge in [0.2, 0.25) is 0 Å². The highest BCUT2D eigenvalue weighted by molar-refractivity contribution is 6.32. The molecule has 0 bridgehead atoms. The van der Waals surface area contributed by atoms with E-state index in [9.17, 15) is 13.6 Å². The quantitative estimate of drug-likeness (QED) is 0.878. The Morgan fingerprint density at radius 3 is 2.75 bits per heavy atom. The van der Waals surface area contributed by atoms with E-state index in [-0.39, 0.29) is 16.8 Å². The van der Waals surface area contributed by atoms with Crippen LogP contribution in [0.3, 0.4) is 0 Å². The minimum Gasteiger partial charge on any atom is -0.433 e. The van der Waals surface area contributed by atoms with E-state index < -0.39 is 6.61 Å². The first-order valence-electron chi connectivity index (χ1n) is 5.69. The highest BCUT2D eigenvalue weighted by atomic mass is 35.5. The molecule has 20 heavy (non-hydrogen) atoms. The Bertz CT molecular complexity index is 460. The molecule has 0 saturated carbocycles. The molecule has 1 N–H and O–H groups in total. The van der Waals surface area contributed by atoms with Crippen molar-refractivity contribution >= 4 is 23.3 Å². The molecule has 0 saturated heterocycles. The highest BCUT2D eigenvalue weighted by Crippen LogP contribution is 2.28. The summed E-state index contributed by atoms with van der Waals surface area (Å²) in [5.41, 5.74) is 0.380. The second kappa shape index (κ2) is 7.86. The van der Waals surface area contributed by atoms with E-state index in [0.717, 1.165) is 0 Å². The molecule has 0 radical (unpaired) electrons. The predicted molar refractivity (Wildman–Crippen MR) is 71.6 cm³/mol. The number of halogens is 3. The van der Waals surface area contributed by atoms with Crippen LogP contribution in [0.4, 0.5) is 19.3 Å². The van der Waals surface area contributed by atoms with Crippen molar-refractivity contribution in [1.82, 2.24) is 4.90 Å². The van der Waals surface area contributed by atoms with Crippen LogP contribution < -0.4 is 10.1 Å². The summed E-state index contributed by atoms with van der Waals surface area (Å²) < 4.78 is 33.2. The molecule has 0 aliphatic rings. The van der Waals surface area contributed by atoms with Crippen LogP contribution in [0.2, 0.25) is 5.02 Å². The number of nitrogens with one attached hydrogen (secondary N) is 1. The molecule has 0 aliphatic carbocycles. The van der Waals surface area contributed by atoms with Gasteiger partial charge in [-0.05, 0) is 18.2 Å². The van der Waals surface area contributed by atoms with Crippen LogP contribution in [-0.4, -0.2) is 44.9 Å². The molecule has 0 atom stereocenters. The van der Waals surface area contributed by atoms with Crippen LogP contribution in [0, 0.1) is 0 Å². The standard InChI is InChI=1S/C12H15ClF2N2O3/c1-17(5-6-19-2)12(18)16-8-3-4-10(9(13)7-8)20-11(14)15/h3-4,7,11H,5-6H2,1-2H3,(H,16,18). The second-order valence-corrected chi connectivity index (χ2v) is 4.28. The lowest BCUT2D eigenvalue weighted by Gasteiger charge is -2.17. The molecular weight excluding hydrogens is 294 g/mol. The average Bonchev–Trinajstić information content (AvgIpc) is 2.38. The molecule has 1 aromatic carbocycles. The van der Waals surface area contributed by atoms with Gasteiger partial charge in [-0.15, -0.1) is 0 Å². The Balaban J connectivity index is 2.64. The lowest BCUT2D eigenvalue weighted by atomic mass is 10.3. The first-order valence-corrected chi connectivity index (χ1v) is 6.07. The van der Waals surface area contributed by atoms with E-state index in [1.54, 1.807) is 7.05 Å². The molecule has 0 aliphatic heterocycles. The second-order valence-electron chi connectivity index (χ2n) is 3.87. The number of benzene rings is 1. The molecule has 0 aromatic heterocycles. The first kappa shape index (κ1) is 16.5. The number of amides is 2.